The van der Waals surface area contributed by atoms with Crippen molar-refractivity contribution in [3.05, 3.63) is 20.8 Å². The Bertz CT molecular complexity index is 14.3. The van der Waals surface area contributed by atoms with Gasteiger partial charge in [0.15, 0.2) is 0 Å². The summed E-state index contributed by atoms with van der Waals surface area (Å²) in [6.07, 6.45) is 3.00. The van der Waals surface area contributed by atoms with Crippen LogP contribution in [-0.2, 0) is 0 Å². The molecule has 0 nitrogen and oxygen atoms in total. The van der Waals surface area contributed by atoms with Gasteiger partial charge < -0.3 is 4.70 Å². The van der Waals surface area contributed by atoms with Crippen molar-refractivity contribution in [1.29, 1.82) is 0 Å². The summed E-state index contributed by atoms with van der Waals surface area (Å²) in [6.45, 7) is 16.5. The van der Waals surface area contributed by atoms with E-state index in [1.807, 2.05) is 20.8 Å². The smallest absolute Gasteiger partial charge is 0 e. The van der Waals surface area contributed by atoms with Crippen LogP contribution >= 0.6 is 0 Å². The molecule has 0 spiro atoms. The fraction of sp³-hybridized carbons (Fsp3) is 0.667. The van der Waals surface area contributed by atoms with Crippen LogP contribution in [0.5, 0.6) is 0 Å². The van der Waals surface area contributed by atoms with E-state index in [0.717, 1.165) is 19.3 Å². The van der Waals surface area contributed by atoms with Crippen molar-refractivity contribution in [3.8, 4) is 0 Å². The van der Waals surface area contributed by atoms with Gasteiger partial charge in [0.25, 0.3) is 0 Å². The molecule has 0 aromatic heterocycles. The van der Waals surface area contributed by atoms with E-state index in [1.54, 1.807) is 0 Å². The monoisotopic (exact) mass is 356 g/mol. The van der Waals surface area contributed by atoms with Gasteiger partial charge in [0.2, 0.25) is 0 Å². The fourth-order valence-electron chi connectivity index (χ4n) is 0. The van der Waals surface area contributed by atoms with Gasteiger partial charge in [-0.2, -0.15) is 0 Å². The van der Waals surface area contributed by atoms with Crippen LogP contribution in [0, 0.1) is 20.8 Å². The molecule has 0 saturated heterocycles. The Hall–Kier alpha value is 0.852. The van der Waals surface area contributed by atoms with Crippen molar-refractivity contribution in [1.82, 2.24) is 0 Å². The molecule has 0 aliphatic carbocycles. The van der Waals surface area contributed by atoms with Gasteiger partial charge in [-0.15, -0.1) is 0 Å². The molecule has 7 radical (unpaired) electrons. The number of rotatable bonds is 0. The van der Waals surface area contributed by atoms with Gasteiger partial charge in [0, 0.05) is 27.3 Å². The summed E-state index contributed by atoms with van der Waals surface area (Å²) in [5.74, 6) is 0. The molecule has 0 saturated carbocycles. The SMILES string of the molecule is [CH2]CC.[CH2]CC.[CH2]CC.[F-].[Pb]. The predicted octanol–water partition coefficient (Wildman–Crippen LogP) is 0.315. The van der Waals surface area contributed by atoms with Crippen LogP contribution in [0.25, 0.3) is 0 Å². The van der Waals surface area contributed by atoms with E-state index >= 15 is 0 Å². The Morgan fingerprint density at radius 1 is 0.727 bits per heavy atom. The summed E-state index contributed by atoms with van der Waals surface area (Å²) in [4.78, 5) is 0. The van der Waals surface area contributed by atoms with Crippen LogP contribution in [0.3, 0.4) is 0 Å². The Labute approximate surface area is 92.7 Å². The zero-order chi connectivity index (χ0) is 8.12. The van der Waals surface area contributed by atoms with Crippen LogP contribution in [0.1, 0.15) is 40.0 Å². The fourth-order valence-corrected chi connectivity index (χ4v) is 0. The molecular formula is C9H21FPb-. The van der Waals surface area contributed by atoms with Crippen molar-refractivity contribution in [3.63, 3.8) is 0 Å². The van der Waals surface area contributed by atoms with E-state index < -0.39 is 0 Å². The van der Waals surface area contributed by atoms with Crippen LogP contribution in [0.4, 0.5) is 0 Å². The summed E-state index contributed by atoms with van der Waals surface area (Å²) in [6, 6.07) is 0. The normalized spacial score (nSPS) is 4.91. The first kappa shape index (κ1) is 29.7. The summed E-state index contributed by atoms with van der Waals surface area (Å²) in [5.41, 5.74) is 0. The van der Waals surface area contributed by atoms with Crippen molar-refractivity contribution < 1.29 is 4.70 Å². The summed E-state index contributed by atoms with van der Waals surface area (Å²) in [7, 11) is 0. The molecule has 2 heteroatoms. The first-order valence-corrected chi connectivity index (χ1v) is 3.62. The van der Waals surface area contributed by atoms with Gasteiger partial charge in [-0.3, -0.25) is 0 Å². The van der Waals surface area contributed by atoms with Gasteiger partial charge in [0.05, 0.1) is 0 Å². The molecule has 0 N–H and O–H groups in total. The Morgan fingerprint density at radius 3 is 0.727 bits per heavy atom. The van der Waals surface area contributed by atoms with E-state index in [9.17, 15) is 0 Å². The van der Waals surface area contributed by atoms with Gasteiger partial charge in [-0.1, -0.05) is 60.8 Å². The molecule has 0 rings (SSSR count). The zero-order valence-corrected chi connectivity index (χ0v) is 12.0. The Balaban J connectivity index is -0.0000000150. The molecule has 69 valence electrons. The molecule has 0 aliphatic rings. The van der Waals surface area contributed by atoms with E-state index in [-0.39, 0.29) is 32.0 Å². The average molecular weight is 355 g/mol. The number of halogens is 1. The molecule has 0 aromatic carbocycles. The molecule has 0 aromatic rings. The van der Waals surface area contributed by atoms with Gasteiger partial charge in [-0.25, -0.2) is 0 Å². The third-order valence-corrected chi connectivity index (χ3v) is 0. The summed E-state index contributed by atoms with van der Waals surface area (Å²) < 4.78 is 0. The Kier molecular flexibility index (Phi) is 192. The van der Waals surface area contributed by atoms with Crippen molar-refractivity contribution >= 4 is 27.3 Å². The number of hydrogen-bond acceptors (Lipinski definition) is 0. The van der Waals surface area contributed by atoms with Gasteiger partial charge >= 0.3 is 0 Å². The first-order chi connectivity index (χ1) is 4.24. The van der Waals surface area contributed by atoms with Crippen LogP contribution < -0.4 is 4.70 Å². The average Bonchev–Trinajstić information content (AvgIpc) is 1.70. The van der Waals surface area contributed by atoms with Crippen LogP contribution in [0.2, 0.25) is 0 Å². The minimum atomic E-state index is 0. The third kappa shape index (κ3) is 1170. The number of hydrogen-bond donors (Lipinski definition) is 0. The van der Waals surface area contributed by atoms with Crippen LogP contribution in [0.15, 0.2) is 0 Å². The molecule has 0 unspecified atom stereocenters. The second kappa shape index (κ2) is 71.0. The standard InChI is InChI=1S/3C3H7.FH.Pb/c3*1-3-2;;/h3*1,3H2,2H3;1H;/p-1. The minimum Gasteiger partial charge on any atom is -1.00 e. The molecule has 0 atom stereocenters. The van der Waals surface area contributed by atoms with Gasteiger partial charge in [-0.05, 0) is 0 Å². The second-order valence-corrected chi connectivity index (χ2v) is 1.50. The Morgan fingerprint density at radius 2 is 0.727 bits per heavy atom. The van der Waals surface area contributed by atoms with Crippen molar-refractivity contribution in [2.24, 2.45) is 0 Å². The first-order valence-electron chi connectivity index (χ1n) is 3.62. The van der Waals surface area contributed by atoms with E-state index in [4.69, 9.17) is 0 Å². The van der Waals surface area contributed by atoms with E-state index in [1.165, 1.54) is 0 Å². The summed E-state index contributed by atoms with van der Waals surface area (Å²) >= 11 is 0. The minimum absolute atomic E-state index is 0. The van der Waals surface area contributed by atoms with Gasteiger partial charge in [0.1, 0.15) is 0 Å². The maximum atomic E-state index is 3.49. The molecular weight excluding hydrogens is 334 g/mol. The third-order valence-electron chi connectivity index (χ3n) is 0. The molecule has 0 aliphatic heterocycles. The quantitative estimate of drug-likeness (QED) is 0.549. The molecule has 0 amide bonds. The van der Waals surface area contributed by atoms with Crippen LogP contribution in [-0.4, -0.2) is 27.3 Å². The topological polar surface area (TPSA) is 0 Å². The summed E-state index contributed by atoms with van der Waals surface area (Å²) in [5, 5.41) is 0. The molecule has 11 heavy (non-hydrogen) atoms. The van der Waals surface area contributed by atoms with E-state index in [0.29, 0.717) is 0 Å². The van der Waals surface area contributed by atoms with Crippen molar-refractivity contribution in [2.75, 3.05) is 0 Å². The van der Waals surface area contributed by atoms with E-state index in [2.05, 4.69) is 20.8 Å². The predicted molar refractivity (Wildman–Crippen MR) is 52.7 cm³/mol. The molecule has 0 heterocycles. The molecule has 0 fully saturated rings. The zero-order valence-electron chi connectivity index (χ0n) is 8.12. The second-order valence-electron chi connectivity index (χ2n) is 1.50. The maximum Gasteiger partial charge on any atom is 0 e. The van der Waals surface area contributed by atoms with Crippen molar-refractivity contribution in [2.45, 2.75) is 40.0 Å². The molecule has 0 bridgehead atoms. The maximum absolute atomic E-state index is 3.49. The largest absolute Gasteiger partial charge is 1.00 e.